The number of hydrogen-bond donors (Lipinski definition) is 1. The molecule has 0 atom stereocenters. The topological polar surface area (TPSA) is 34.0 Å². The fourth-order valence-electron chi connectivity index (χ4n) is 1.99. The molecule has 0 amide bonds. The zero-order valence-corrected chi connectivity index (χ0v) is 9.87. The Hall–Kier alpha value is -1.61. The second kappa shape index (κ2) is 4.10. The molecule has 0 spiro atoms. The summed E-state index contributed by atoms with van der Waals surface area (Å²) < 4.78 is 1.71. The fraction of sp³-hybridized carbons (Fsp3) is 0.308. The zero-order chi connectivity index (χ0) is 11.7. The monoisotopic (exact) mass is 216 g/mol. The van der Waals surface area contributed by atoms with Crippen LogP contribution in [0.15, 0.2) is 29.1 Å². The Kier molecular flexibility index (Phi) is 2.79. The number of hydrogen-bond acceptors (Lipinski definition) is 2. The van der Waals surface area contributed by atoms with Crippen LogP contribution in [0.1, 0.15) is 11.1 Å². The van der Waals surface area contributed by atoms with Gasteiger partial charge in [0.2, 0.25) is 0 Å². The SMILES string of the molecule is CNCc1cc2cc(C)ccc2n(C)c1=O. The molecular formula is C13H16N2O. The number of pyridine rings is 1. The van der Waals surface area contributed by atoms with Crippen molar-refractivity contribution in [3.05, 3.63) is 45.7 Å². The van der Waals surface area contributed by atoms with Crippen LogP contribution in [-0.4, -0.2) is 11.6 Å². The molecule has 3 nitrogen and oxygen atoms in total. The summed E-state index contributed by atoms with van der Waals surface area (Å²) in [4.78, 5) is 12.0. The van der Waals surface area contributed by atoms with Gasteiger partial charge in [0.1, 0.15) is 0 Å². The second-order valence-corrected chi connectivity index (χ2v) is 4.13. The van der Waals surface area contributed by atoms with Gasteiger partial charge in [0.15, 0.2) is 0 Å². The smallest absolute Gasteiger partial charge is 0.255 e. The van der Waals surface area contributed by atoms with E-state index < -0.39 is 0 Å². The first-order chi connectivity index (χ1) is 7.63. The molecule has 1 N–H and O–H groups in total. The Morgan fingerprint density at radius 1 is 1.31 bits per heavy atom. The molecule has 1 aromatic carbocycles. The summed E-state index contributed by atoms with van der Waals surface area (Å²) in [6.07, 6.45) is 0. The predicted molar refractivity (Wildman–Crippen MR) is 66.7 cm³/mol. The Balaban J connectivity index is 2.78. The molecule has 1 aromatic heterocycles. The van der Waals surface area contributed by atoms with E-state index in [9.17, 15) is 4.79 Å². The zero-order valence-electron chi connectivity index (χ0n) is 9.87. The van der Waals surface area contributed by atoms with Crippen LogP contribution in [-0.2, 0) is 13.6 Å². The van der Waals surface area contributed by atoms with Crippen LogP contribution in [0.4, 0.5) is 0 Å². The van der Waals surface area contributed by atoms with Crippen LogP contribution >= 0.6 is 0 Å². The summed E-state index contributed by atoms with van der Waals surface area (Å²) >= 11 is 0. The van der Waals surface area contributed by atoms with E-state index in [1.54, 1.807) is 4.57 Å². The lowest BCUT2D eigenvalue weighted by Gasteiger charge is -2.09. The Morgan fingerprint density at radius 3 is 2.75 bits per heavy atom. The fourth-order valence-corrected chi connectivity index (χ4v) is 1.99. The maximum absolute atomic E-state index is 12.0. The van der Waals surface area contributed by atoms with E-state index in [1.165, 1.54) is 5.56 Å². The van der Waals surface area contributed by atoms with E-state index in [0.717, 1.165) is 16.5 Å². The molecule has 2 aromatic rings. The van der Waals surface area contributed by atoms with E-state index in [1.807, 2.05) is 32.3 Å². The summed E-state index contributed by atoms with van der Waals surface area (Å²) in [5.41, 5.74) is 3.07. The van der Waals surface area contributed by atoms with Crippen molar-refractivity contribution < 1.29 is 0 Å². The first-order valence-electron chi connectivity index (χ1n) is 5.37. The van der Waals surface area contributed by atoms with Crippen LogP contribution in [0.2, 0.25) is 0 Å². The molecule has 0 aliphatic carbocycles. The lowest BCUT2D eigenvalue weighted by atomic mass is 10.1. The van der Waals surface area contributed by atoms with Crippen LogP contribution in [0, 0.1) is 6.92 Å². The van der Waals surface area contributed by atoms with Crippen molar-refractivity contribution in [1.82, 2.24) is 9.88 Å². The minimum absolute atomic E-state index is 0.0747. The summed E-state index contributed by atoms with van der Waals surface area (Å²) in [6, 6.07) is 8.10. The van der Waals surface area contributed by atoms with Crippen LogP contribution in [0.5, 0.6) is 0 Å². The third-order valence-corrected chi connectivity index (χ3v) is 2.82. The van der Waals surface area contributed by atoms with Gasteiger partial charge in [-0.1, -0.05) is 11.6 Å². The number of aryl methyl sites for hydroxylation is 2. The molecule has 16 heavy (non-hydrogen) atoms. The van der Waals surface area contributed by atoms with Crippen molar-refractivity contribution in [3.8, 4) is 0 Å². The third-order valence-electron chi connectivity index (χ3n) is 2.82. The molecular weight excluding hydrogens is 200 g/mol. The number of aromatic nitrogens is 1. The molecule has 0 aliphatic rings. The third kappa shape index (κ3) is 1.74. The van der Waals surface area contributed by atoms with Crippen LogP contribution < -0.4 is 10.9 Å². The summed E-state index contributed by atoms with van der Waals surface area (Å²) in [5.74, 6) is 0. The standard InChI is InChI=1S/C13H16N2O/c1-9-4-5-12-10(6-9)7-11(8-14-2)13(16)15(12)3/h4-7,14H,8H2,1-3H3. The molecule has 0 radical (unpaired) electrons. The van der Waals surface area contributed by atoms with Gasteiger partial charge < -0.3 is 9.88 Å². The Bertz CT molecular complexity index is 584. The van der Waals surface area contributed by atoms with E-state index in [-0.39, 0.29) is 5.56 Å². The second-order valence-electron chi connectivity index (χ2n) is 4.13. The molecule has 0 unspecified atom stereocenters. The average Bonchev–Trinajstić information content (AvgIpc) is 2.25. The summed E-state index contributed by atoms with van der Waals surface area (Å²) in [6.45, 7) is 2.67. The molecule has 0 fully saturated rings. The van der Waals surface area contributed by atoms with Crippen molar-refractivity contribution >= 4 is 10.9 Å². The first kappa shape index (κ1) is 10.9. The lowest BCUT2D eigenvalue weighted by Crippen LogP contribution is -2.24. The van der Waals surface area contributed by atoms with Gasteiger partial charge in [-0.25, -0.2) is 0 Å². The highest BCUT2D eigenvalue weighted by atomic mass is 16.1. The largest absolute Gasteiger partial charge is 0.315 e. The molecule has 1 heterocycles. The normalized spacial score (nSPS) is 10.9. The maximum atomic E-state index is 12.0. The van der Waals surface area contributed by atoms with Gasteiger partial charge in [-0.2, -0.15) is 0 Å². The number of nitrogens with one attached hydrogen (secondary N) is 1. The van der Waals surface area contributed by atoms with Gasteiger partial charge in [-0.3, -0.25) is 4.79 Å². The highest BCUT2D eigenvalue weighted by molar-refractivity contribution is 5.80. The maximum Gasteiger partial charge on any atom is 0.255 e. The van der Waals surface area contributed by atoms with Crippen molar-refractivity contribution in [2.75, 3.05) is 7.05 Å². The van der Waals surface area contributed by atoms with Crippen LogP contribution in [0.25, 0.3) is 10.9 Å². The molecule has 84 valence electrons. The quantitative estimate of drug-likeness (QED) is 0.826. The number of nitrogens with zero attached hydrogens (tertiary/aromatic N) is 1. The van der Waals surface area contributed by atoms with Gasteiger partial charge in [0.25, 0.3) is 5.56 Å². The summed E-state index contributed by atoms with van der Waals surface area (Å²) in [7, 11) is 3.67. The van der Waals surface area contributed by atoms with Gasteiger partial charge in [-0.15, -0.1) is 0 Å². The predicted octanol–water partition coefficient (Wildman–Crippen LogP) is 1.57. The highest BCUT2D eigenvalue weighted by Gasteiger charge is 2.05. The van der Waals surface area contributed by atoms with E-state index in [2.05, 4.69) is 18.3 Å². The van der Waals surface area contributed by atoms with Gasteiger partial charge >= 0.3 is 0 Å². The first-order valence-corrected chi connectivity index (χ1v) is 5.37. The van der Waals surface area contributed by atoms with Crippen molar-refractivity contribution in [2.24, 2.45) is 7.05 Å². The van der Waals surface area contributed by atoms with E-state index in [0.29, 0.717) is 6.54 Å². The molecule has 0 saturated heterocycles. The van der Waals surface area contributed by atoms with Crippen molar-refractivity contribution in [3.63, 3.8) is 0 Å². The van der Waals surface area contributed by atoms with Crippen molar-refractivity contribution in [2.45, 2.75) is 13.5 Å². The molecule has 0 bridgehead atoms. The Labute approximate surface area is 94.7 Å². The van der Waals surface area contributed by atoms with Gasteiger partial charge in [0, 0.05) is 19.2 Å². The van der Waals surface area contributed by atoms with E-state index in [4.69, 9.17) is 0 Å². The molecule has 2 rings (SSSR count). The molecule has 0 saturated carbocycles. The molecule has 0 aliphatic heterocycles. The number of fused-ring (bicyclic) bond motifs is 1. The lowest BCUT2D eigenvalue weighted by molar-refractivity contribution is 0.782. The molecule has 3 heteroatoms. The highest BCUT2D eigenvalue weighted by Crippen LogP contribution is 2.14. The average molecular weight is 216 g/mol. The number of rotatable bonds is 2. The van der Waals surface area contributed by atoms with Crippen LogP contribution in [0.3, 0.4) is 0 Å². The van der Waals surface area contributed by atoms with Gasteiger partial charge in [-0.05, 0) is 37.6 Å². The minimum atomic E-state index is 0.0747. The minimum Gasteiger partial charge on any atom is -0.315 e. The van der Waals surface area contributed by atoms with E-state index >= 15 is 0 Å². The Morgan fingerprint density at radius 2 is 2.06 bits per heavy atom. The van der Waals surface area contributed by atoms with Crippen molar-refractivity contribution in [1.29, 1.82) is 0 Å². The number of benzene rings is 1. The van der Waals surface area contributed by atoms with Gasteiger partial charge in [0.05, 0.1) is 5.52 Å². The summed E-state index contributed by atoms with van der Waals surface area (Å²) in [5, 5.41) is 4.14.